The molecule has 6 nitrogen and oxygen atoms in total. The second-order valence-corrected chi connectivity index (χ2v) is 5.38. The van der Waals surface area contributed by atoms with Crippen LogP contribution in [0.15, 0.2) is 24.3 Å². The number of para-hydroxylation sites is 1. The first-order valence-corrected chi connectivity index (χ1v) is 7.85. The smallest absolute Gasteiger partial charge is 0.257 e. The molecule has 0 spiro atoms. The molecule has 1 fully saturated rings. The second-order valence-electron chi connectivity index (χ2n) is 5.38. The minimum Gasteiger partial charge on any atom is -0.490 e. The normalized spacial score (nSPS) is 15.2. The van der Waals surface area contributed by atoms with Crippen molar-refractivity contribution < 1.29 is 14.3 Å². The Hall–Kier alpha value is -2.10. The quantitative estimate of drug-likeness (QED) is 0.711. The summed E-state index contributed by atoms with van der Waals surface area (Å²) in [4.78, 5) is 16.8. The first-order valence-electron chi connectivity index (χ1n) is 7.85. The van der Waals surface area contributed by atoms with E-state index in [4.69, 9.17) is 14.7 Å². The summed E-state index contributed by atoms with van der Waals surface area (Å²) in [5.41, 5.74) is 0.592. The summed E-state index contributed by atoms with van der Waals surface area (Å²) < 4.78 is 10.6. The predicted molar refractivity (Wildman–Crippen MR) is 86.4 cm³/mol. The van der Waals surface area contributed by atoms with E-state index in [1.807, 2.05) is 23.1 Å². The van der Waals surface area contributed by atoms with Crippen LogP contribution in [0, 0.1) is 11.3 Å². The van der Waals surface area contributed by atoms with Crippen LogP contribution >= 0.6 is 0 Å². The molecule has 0 unspecified atom stereocenters. The van der Waals surface area contributed by atoms with Crippen molar-refractivity contribution in [2.75, 3.05) is 53.0 Å². The maximum atomic E-state index is 12.7. The van der Waals surface area contributed by atoms with Crippen LogP contribution in [0.25, 0.3) is 0 Å². The molecule has 1 aromatic carbocycles. The molecule has 1 heterocycles. The number of carbonyl (C=O) groups is 1. The fourth-order valence-corrected chi connectivity index (χ4v) is 2.56. The number of piperazine rings is 1. The lowest BCUT2D eigenvalue weighted by molar-refractivity contribution is 0.0633. The SMILES string of the molecule is COCCOc1ccccc1C(=O)N1CCN(CCC#N)CC1. The van der Waals surface area contributed by atoms with Crippen LogP contribution in [-0.4, -0.2) is 68.8 Å². The van der Waals surface area contributed by atoms with E-state index in [0.29, 0.717) is 44.0 Å². The molecule has 6 heteroatoms. The van der Waals surface area contributed by atoms with Gasteiger partial charge in [-0.15, -0.1) is 0 Å². The van der Waals surface area contributed by atoms with Gasteiger partial charge in [0.05, 0.1) is 18.2 Å². The lowest BCUT2D eigenvalue weighted by atomic mass is 10.1. The molecule has 1 aromatic rings. The number of benzene rings is 1. The zero-order chi connectivity index (χ0) is 16.5. The van der Waals surface area contributed by atoms with Crippen LogP contribution in [0.5, 0.6) is 5.75 Å². The molecule has 0 radical (unpaired) electrons. The number of rotatable bonds is 7. The first kappa shape index (κ1) is 17.3. The average molecular weight is 317 g/mol. The summed E-state index contributed by atoms with van der Waals surface area (Å²) in [6, 6.07) is 9.47. The summed E-state index contributed by atoms with van der Waals surface area (Å²) in [7, 11) is 1.62. The van der Waals surface area contributed by atoms with Crippen molar-refractivity contribution in [3.63, 3.8) is 0 Å². The standard InChI is InChI=1S/C17H23N3O3/c1-22-13-14-23-16-6-3-2-5-15(16)17(21)20-11-9-19(10-12-20)8-4-7-18/h2-3,5-6H,4,8-14H2,1H3. The number of amides is 1. The summed E-state index contributed by atoms with van der Waals surface area (Å²) >= 11 is 0. The maximum absolute atomic E-state index is 12.7. The van der Waals surface area contributed by atoms with Gasteiger partial charge in [-0.3, -0.25) is 9.69 Å². The highest BCUT2D eigenvalue weighted by atomic mass is 16.5. The number of ether oxygens (including phenoxy) is 2. The van der Waals surface area contributed by atoms with Crippen molar-refractivity contribution in [2.45, 2.75) is 6.42 Å². The summed E-state index contributed by atoms with van der Waals surface area (Å²) in [5, 5.41) is 8.64. The molecule has 124 valence electrons. The molecular weight excluding hydrogens is 294 g/mol. The van der Waals surface area contributed by atoms with Crippen molar-refractivity contribution in [1.82, 2.24) is 9.80 Å². The molecular formula is C17H23N3O3. The molecule has 1 aliphatic rings. The molecule has 1 aliphatic heterocycles. The van der Waals surface area contributed by atoms with Gasteiger partial charge in [0, 0.05) is 46.3 Å². The van der Waals surface area contributed by atoms with Gasteiger partial charge in [0.2, 0.25) is 0 Å². The first-order chi connectivity index (χ1) is 11.3. The molecule has 0 aromatic heterocycles. The van der Waals surface area contributed by atoms with E-state index in [2.05, 4.69) is 11.0 Å². The lowest BCUT2D eigenvalue weighted by Gasteiger charge is -2.34. The Morgan fingerprint density at radius 2 is 1.96 bits per heavy atom. The minimum absolute atomic E-state index is 0.00190. The van der Waals surface area contributed by atoms with E-state index in [-0.39, 0.29) is 5.91 Å². The molecule has 1 saturated heterocycles. The average Bonchev–Trinajstić information content (AvgIpc) is 2.60. The summed E-state index contributed by atoms with van der Waals surface area (Å²) in [5.74, 6) is 0.597. The zero-order valence-electron chi connectivity index (χ0n) is 13.5. The Bertz CT molecular complexity index is 548. The molecule has 1 amide bonds. The van der Waals surface area contributed by atoms with E-state index in [1.54, 1.807) is 13.2 Å². The highest BCUT2D eigenvalue weighted by Crippen LogP contribution is 2.20. The van der Waals surface area contributed by atoms with E-state index >= 15 is 0 Å². The van der Waals surface area contributed by atoms with Crippen molar-refractivity contribution in [2.24, 2.45) is 0 Å². The predicted octanol–water partition coefficient (Wildman–Crippen LogP) is 1.38. The molecule has 0 saturated carbocycles. The Morgan fingerprint density at radius 1 is 1.22 bits per heavy atom. The van der Waals surface area contributed by atoms with Crippen molar-refractivity contribution in [1.29, 1.82) is 5.26 Å². The number of nitriles is 1. The van der Waals surface area contributed by atoms with Gasteiger partial charge >= 0.3 is 0 Å². The maximum Gasteiger partial charge on any atom is 0.257 e. The monoisotopic (exact) mass is 317 g/mol. The third-order valence-corrected chi connectivity index (χ3v) is 3.86. The van der Waals surface area contributed by atoms with Crippen molar-refractivity contribution in [3.05, 3.63) is 29.8 Å². The molecule has 0 aliphatic carbocycles. The topological polar surface area (TPSA) is 65.8 Å². The molecule has 0 bridgehead atoms. The van der Waals surface area contributed by atoms with Crippen LogP contribution in [-0.2, 0) is 4.74 Å². The molecule has 2 rings (SSSR count). The van der Waals surface area contributed by atoms with Crippen molar-refractivity contribution in [3.8, 4) is 11.8 Å². The fraction of sp³-hybridized carbons (Fsp3) is 0.529. The Labute approximate surface area is 137 Å². The van der Waals surface area contributed by atoms with Gasteiger partial charge in [0.1, 0.15) is 12.4 Å². The van der Waals surface area contributed by atoms with Crippen LogP contribution in [0.3, 0.4) is 0 Å². The van der Waals surface area contributed by atoms with Gasteiger partial charge in [-0.05, 0) is 12.1 Å². The zero-order valence-corrected chi connectivity index (χ0v) is 13.5. The largest absolute Gasteiger partial charge is 0.490 e. The second kappa shape index (κ2) is 9.13. The summed E-state index contributed by atoms with van der Waals surface area (Å²) in [6.07, 6.45) is 0.532. The number of hydrogen-bond donors (Lipinski definition) is 0. The fourth-order valence-electron chi connectivity index (χ4n) is 2.56. The van der Waals surface area contributed by atoms with Crippen molar-refractivity contribution >= 4 is 5.91 Å². The summed E-state index contributed by atoms with van der Waals surface area (Å²) in [6.45, 7) is 4.64. The van der Waals surface area contributed by atoms with Crippen LogP contribution in [0.4, 0.5) is 0 Å². The van der Waals surface area contributed by atoms with Gasteiger partial charge in [-0.1, -0.05) is 12.1 Å². The van der Waals surface area contributed by atoms with Gasteiger partial charge in [0.25, 0.3) is 5.91 Å². The van der Waals surface area contributed by atoms with E-state index in [1.165, 1.54) is 0 Å². The minimum atomic E-state index is -0.00190. The lowest BCUT2D eigenvalue weighted by Crippen LogP contribution is -2.48. The third kappa shape index (κ3) is 4.95. The Balaban J connectivity index is 1.94. The van der Waals surface area contributed by atoms with E-state index in [0.717, 1.165) is 19.6 Å². The Kier molecular flexibility index (Phi) is 6.85. The number of nitrogens with zero attached hydrogens (tertiary/aromatic N) is 3. The van der Waals surface area contributed by atoms with Gasteiger partial charge < -0.3 is 14.4 Å². The number of hydrogen-bond acceptors (Lipinski definition) is 5. The molecule has 23 heavy (non-hydrogen) atoms. The number of methoxy groups -OCH3 is 1. The van der Waals surface area contributed by atoms with E-state index < -0.39 is 0 Å². The third-order valence-electron chi connectivity index (χ3n) is 3.86. The van der Waals surface area contributed by atoms with Crippen LogP contribution in [0.2, 0.25) is 0 Å². The van der Waals surface area contributed by atoms with Gasteiger partial charge in [-0.2, -0.15) is 5.26 Å². The number of carbonyl (C=O) groups excluding carboxylic acids is 1. The van der Waals surface area contributed by atoms with E-state index in [9.17, 15) is 4.79 Å². The van der Waals surface area contributed by atoms with Crippen LogP contribution < -0.4 is 4.74 Å². The van der Waals surface area contributed by atoms with Gasteiger partial charge in [-0.25, -0.2) is 0 Å². The van der Waals surface area contributed by atoms with Gasteiger partial charge in [0.15, 0.2) is 0 Å². The van der Waals surface area contributed by atoms with Crippen LogP contribution in [0.1, 0.15) is 16.8 Å². The Morgan fingerprint density at radius 3 is 2.65 bits per heavy atom. The highest BCUT2D eigenvalue weighted by Gasteiger charge is 2.23. The molecule has 0 atom stereocenters. The molecule has 0 N–H and O–H groups in total. The highest BCUT2D eigenvalue weighted by molar-refractivity contribution is 5.97.